The fraction of sp³-hybridized carbons (Fsp3) is 0.760. The van der Waals surface area contributed by atoms with Gasteiger partial charge in [0.05, 0.1) is 18.1 Å². The zero-order valence-corrected chi connectivity index (χ0v) is 21.8. The topological polar surface area (TPSA) is 72.8 Å². The van der Waals surface area contributed by atoms with Crippen LogP contribution in [0.3, 0.4) is 0 Å². The van der Waals surface area contributed by atoms with E-state index in [0.717, 1.165) is 18.4 Å². The van der Waals surface area contributed by atoms with Crippen LogP contribution in [-0.2, 0) is 19.1 Å². The summed E-state index contributed by atoms with van der Waals surface area (Å²) < 4.78 is 11.2. The van der Waals surface area contributed by atoms with Crippen LogP contribution >= 0.6 is 24.2 Å². The Morgan fingerprint density at radius 1 is 1.19 bits per heavy atom. The number of carbonyl (C=O) groups is 2. The van der Waals surface area contributed by atoms with Gasteiger partial charge in [0.25, 0.3) is 0 Å². The van der Waals surface area contributed by atoms with E-state index >= 15 is 0 Å². The minimum Gasteiger partial charge on any atom is -0.467 e. The molecule has 1 N–H and O–H groups in total. The van der Waals surface area contributed by atoms with Crippen LogP contribution < -0.4 is 0 Å². The van der Waals surface area contributed by atoms with Crippen molar-refractivity contribution in [3.05, 3.63) is 23.8 Å². The minimum absolute atomic E-state index is 0.0261. The van der Waals surface area contributed by atoms with Crippen LogP contribution in [-0.4, -0.2) is 53.9 Å². The monoisotopic (exact) mass is 484 g/mol. The highest BCUT2D eigenvalue weighted by molar-refractivity contribution is 7.79. The van der Waals surface area contributed by atoms with Gasteiger partial charge in [0, 0.05) is 17.9 Å². The van der Waals surface area contributed by atoms with Crippen molar-refractivity contribution in [1.82, 2.24) is 0 Å². The molecule has 0 amide bonds. The Kier molecular flexibility index (Phi) is 6.80. The Bertz CT molecular complexity index is 857. The van der Waals surface area contributed by atoms with Crippen LogP contribution in [0.1, 0.15) is 47.0 Å². The molecule has 3 saturated carbocycles. The predicted octanol–water partition coefficient (Wildman–Crippen LogP) is 4.22. The summed E-state index contributed by atoms with van der Waals surface area (Å²) in [5.74, 6) is -0.273. The highest BCUT2D eigenvalue weighted by Gasteiger charge is 2.76. The summed E-state index contributed by atoms with van der Waals surface area (Å²) in [5.41, 5.74) is -1.36. The van der Waals surface area contributed by atoms with E-state index in [-0.39, 0.29) is 35.4 Å². The molecule has 7 heteroatoms. The number of carbonyl (C=O) groups excluding carboxylic acids is 2. The Balaban J connectivity index is 0.00000141. The summed E-state index contributed by atoms with van der Waals surface area (Å²) in [4.78, 5) is 24.2. The lowest BCUT2D eigenvalue weighted by atomic mass is 9.44. The van der Waals surface area contributed by atoms with Crippen molar-refractivity contribution in [3.63, 3.8) is 0 Å². The van der Waals surface area contributed by atoms with E-state index in [0.29, 0.717) is 6.42 Å². The molecule has 0 spiro atoms. The fourth-order valence-corrected chi connectivity index (χ4v) is 8.52. The molecule has 32 heavy (non-hydrogen) atoms. The van der Waals surface area contributed by atoms with Gasteiger partial charge in [-0.25, -0.2) is 4.79 Å². The van der Waals surface area contributed by atoms with Gasteiger partial charge in [-0.3, -0.25) is 4.79 Å². The lowest BCUT2D eigenvalue weighted by Gasteiger charge is -2.65. The van der Waals surface area contributed by atoms with Crippen LogP contribution in [0, 0.1) is 34.5 Å². The second-order valence-corrected chi connectivity index (χ2v) is 11.0. The van der Waals surface area contributed by atoms with Crippen molar-refractivity contribution in [2.75, 3.05) is 20.5 Å². The van der Waals surface area contributed by atoms with Gasteiger partial charge in [-0.2, -0.15) is 12.6 Å². The molecule has 0 aromatic rings. The minimum atomic E-state index is -1.12. The third kappa shape index (κ3) is 2.91. The molecule has 0 radical (unpaired) electrons. The summed E-state index contributed by atoms with van der Waals surface area (Å²) in [5, 5.41) is 11.6. The third-order valence-electron chi connectivity index (χ3n) is 9.32. The van der Waals surface area contributed by atoms with Crippen LogP contribution in [0.4, 0.5) is 0 Å². The zero-order chi connectivity index (χ0) is 24.3. The number of aliphatic hydroxyl groups is 1. The first-order valence-electron chi connectivity index (χ1n) is 11.3. The SMILES string of the molecule is COC(=O)[C@@]1(OC)[C@H](C)CC2C3C[C@H](C)C4=CC(=O)C=CC4(C)[C@@]3(Cl)C(O)CC21C.CS. The maximum absolute atomic E-state index is 13.1. The van der Waals surface area contributed by atoms with Crippen molar-refractivity contribution in [2.45, 2.75) is 63.5 Å². The van der Waals surface area contributed by atoms with Crippen molar-refractivity contribution >= 4 is 36.0 Å². The number of fused-ring (bicyclic) bond motifs is 5. The second-order valence-electron chi connectivity index (χ2n) is 10.4. The molecule has 0 aromatic carbocycles. The number of halogens is 1. The van der Waals surface area contributed by atoms with Gasteiger partial charge in [-0.05, 0) is 61.3 Å². The number of hydrogen-bond acceptors (Lipinski definition) is 6. The number of hydrogen-bond donors (Lipinski definition) is 2. The quantitative estimate of drug-likeness (QED) is 0.348. The average Bonchev–Trinajstić information content (AvgIpc) is 2.99. The third-order valence-corrected chi connectivity index (χ3v) is 10.2. The van der Waals surface area contributed by atoms with Crippen molar-refractivity contribution in [1.29, 1.82) is 0 Å². The number of methoxy groups -OCH3 is 2. The van der Waals surface area contributed by atoms with Crippen LogP contribution in [0.5, 0.6) is 0 Å². The first-order chi connectivity index (χ1) is 14.9. The summed E-state index contributed by atoms with van der Waals surface area (Å²) in [7, 11) is 2.96. The normalized spacial score (nSPS) is 49.1. The van der Waals surface area contributed by atoms with E-state index in [9.17, 15) is 14.7 Å². The Labute approximate surface area is 202 Å². The van der Waals surface area contributed by atoms with E-state index < -0.39 is 27.4 Å². The molecular weight excluding hydrogens is 448 g/mol. The second kappa shape index (κ2) is 8.44. The molecule has 4 aliphatic carbocycles. The van der Waals surface area contributed by atoms with Crippen LogP contribution in [0.2, 0.25) is 0 Å². The standard InChI is InChI=1S/C24H33ClO5.CH4S/c1-13-9-18-17-10-14(2)24(30-6,20(28)29-5)22(17,4)12-19(27)23(18,25)21(3)8-7-15(26)11-16(13)21;1-2/h7-8,11,13-14,17-19,27H,9-10,12H2,1-6H3;2H,1H3/t13-,14+,17?,18?,19?,21?,22?,23-,24-;/m0./s1. The molecular formula is C25H37ClO5S. The maximum atomic E-state index is 13.1. The molecule has 5 unspecified atom stereocenters. The number of thiol groups is 1. The van der Waals surface area contributed by atoms with Crippen molar-refractivity contribution in [2.24, 2.45) is 34.5 Å². The van der Waals surface area contributed by atoms with E-state index in [2.05, 4.69) is 26.5 Å². The first-order valence-corrected chi connectivity index (χ1v) is 12.6. The zero-order valence-electron chi connectivity index (χ0n) is 20.1. The summed E-state index contributed by atoms with van der Waals surface area (Å²) in [6, 6.07) is 0. The Hall–Kier alpha value is -0.820. The highest BCUT2D eigenvalue weighted by atomic mass is 35.5. The van der Waals surface area contributed by atoms with Crippen molar-refractivity contribution in [3.8, 4) is 0 Å². The van der Waals surface area contributed by atoms with Gasteiger partial charge < -0.3 is 14.6 Å². The van der Waals surface area contributed by atoms with E-state index in [4.69, 9.17) is 21.1 Å². The average molecular weight is 485 g/mol. The van der Waals surface area contributed by atoms with Gasteiger partial charge in [0.1, 0.15) is 0 Å². The van der Waals surface area contributed by atoms with Gasteiger partial charge >= 0.3 is 5.97 Å². The number of esters is 1. The predicted molar refractivity (Wildman–Crippen MR) is 129 cm³/mol. The summed E-state index contributed by atoms with van der Waals surface area (Å²) in [6.07, 6.45) is 7.88. The number of aliphatic hydroxyl groups excluding tert-OH is 1. The molecule has 5 nitrogen and oxygen atoms in total. The van der Waals surface area contributed by atoms with E-state index in [1.807, 2.05) is 19.9 Å². The van der Waals surface area contributed by atoms with Gasteiger partial charge in [-0.15, -0.1) is 11.6 Å². The van der Waals surface area contributed by atoms with Gasteiger partial charge in [0.2, 0.25) is 0 Å². The van der Waals surface area contributed by atoms with Crippen LogP contribution in [0.15, 0.2) is 23.8 Å². The molecule has 3 fully saturated rings. The van der Waals surface area contributed by atoms with Crippen molar-refractivity contribution < 1.29 is 24.2 Å². The van der Waals surface area contributed by atoms with E-state index in [1.54, 1.807) is 25.5 Å². The largest absolute Gasteiger partial charge is 0.467 e. The highest BCUT2D eigenvalue weighted by Crippen LogP contribution is 2.72. The number of rotatable bonds is 2. The number of alkyl halides is 1. The van der Waals surface area contributed by atoms with Crippen LogP contribution in [0.25, 0.3) is 0 Å². The maximum Gasteiger partial charge on any atom is 0.338 e. The molecule has 0 aliphatic heterocycles. The number of ketones is 1. The number of ether oxygens (including phenoxy) is 2. The molecule has 9 atom stereocenters. The Morgan fingerprint density at radius 3 is 2.38 bits per heavy atom. The first kappa shape index (κ1) is 25.8. The molecule has 4 aliphatic rings. The lowest BCUT2D eigenvalue weighted by Crippen LogP contribution is -2.70. The molecule has 0 aromatic heterocycles. The molecule has 0 heterocycles. The van der Waals surface area contributed by atoms with Gasteiger partial charge in [0.15, 0.2) is 11.4 Å². The van der Waals surface area contributed by atoms with E-state index in [1.165, 1.54) is 7.11 Å². The number of allylic oxidation sites excluding steroid dienone is 4. The molecule has 0 bridgehead atoms. The smallest absolute Gasteiger partial charge is 0.338 e. The summed E-state index contributed by atoms with van der Waals surface area (Å²) in [6.45, 7) is 8.27. The summed E-state index contributed by atoms with van der Waals surface area (Å²) >= 11 is 11.0. The molecule has 180 valence electrons. The fourth-order valence-electron chi connectivity index (χ4n) is 8.02. The lowest BCUT2D eigenvalue weighted by molar-refractivity contribution is -0.205. The Morgan fingerprint density at radius 2 is 1.81 bits per heavy atom. The molecule has 0 saturated heterocycles. The molecule has 4 rings (SSSR count). The van der Waals surface area contributed by atoms with Gasteiger partial charge in [-0.1, -0.05) is 39.3 Å².